The maximum absolute atomic E-state index is 5.46. The third-order valence-electron chi connectivity index (χ3n) is 4.56. The fourth-order valence-corrected chi connectivity index (χ4v) is 3.15. The van der Waals surface area contributed by atoms with Gasteiger partial charge >= 0.3 is 0 Å². The van der Waals surface area contributed by atoms with E-state index in [1.807, 2.05) is 24.3 Å². The second-order valence-electron chi connectivity index (χ2n) is 6.97. The summed E-state index contributed by atoms with van der Waals surface area (Å²) in [6.45, 7) is 5.91. The lowest BCUT2D eigenvalue weighted by atomic mass is 10.1. The molecule has 0 amide bonds. The van der Waals surface area contributed by atoms with E-state index in [4.69, 9.17) is 13.8 Å². The maximum atomic E-state index is 5.46. The first-order chi connectivity index (χ1) is 14.2. The summed E-state index contributed by atoms with van der Waals surface area (Å²) in [6.07, 6.45) is 4.24. The molecule has 2 N–H and O–H groups in total. The van der Waals surface area contributed by atoms with Gasteiger partial charge in [0, 0.05) is 26.1 Å². The Hall–Kier alpha value is -2.26. The number of halogens is 1. The first-order valence-corrected chi connectivity index (χ1v) is 10.1. The van der Waals surface area contributed by atoms with Gasteiger partial charge in [-0.3, -0.25) is 4.90 Å². The van der Waals surface area contributed by atoms with E-state index < -0.39 is 0 Å². The number of rotatable bonds is 10. The molecule has 1 aromatic carbocycles. The third kappa shape index (κ3) is 7.87. The van der Waals surface area contributed by atoms with Gasteiger partial charge in [-0.25, -0.2) is 4.99 Å². The second kappa shape index (κ2) is 13.1. The molecule has 2 aromatic heterocycles. The highest BCUT2D eigenvalue weighted by Gasteiger charge is 2.08. The van der Waals surface area contributed by atoms with E-state index in [9.17, 15) is 0 Å². The van der Waals surface area contributed by atoms with Crippen LogP contribution in [0.5, 0.6) is 0 Å². The van der Waals surface area contributed by atoms with Crippen molar-refractivity contribution >= 4 is 29.9 Å². The first-order valence-electron chi connectivity index (χ1n) is 10.1. The van der Waals surface area contributed by atoms with Crippen LogP contribution in [0.1, 0.15) is 29.6 Å². The van der Waals surface area contributed by atoms with Gasteiger partial charge in [-0.2, -0.15) is 0 Å². The average molecular weight is 522 g/mol. The number of nitrogens with one attached hydrogen (secondary N) is 2. The van der Waals surface area contributed by atoms with Crippen molar-refractivity contribution in [3.05, 3.63) is 83.7 Å². The number of hydrogen-bond acceptors (Lipinski definition) is 4. The Bertz CT molecular complexity index is 863. The van der Waals surface area contributed by atoms with Crippen LogP contribution in [-0.2, 0) is 26.1 Å². The molecule has 0 saturated heterocycles. The van der Waals surface area contributed by atoms with Crippen molar-refractivity contribution in [3.8, 4) is 0 Å². The molecule has 0 spiro atoms. The lowest BCUT2D eigenvalue weighted by Gasteiger charge is -2.17. The molecule has 3 rings (SSSR count). The highest BCUT2D eigenvalue weighted by atomic mass is 127. The van der Waals surface area contributed by atoms with Gasteiger partial charge in [0.15, 0.2) is 5.96 Å². The van der Waals surface area contributed by atoms with E-state index in [0.29, 0.717) is 6.54 Å². The Balaban J connectivity index is 0.00000320. The van der Waals surface area contributed by atoms with Crippen LogP contribution in [0.2, 0.25) is 0 Å². The lowest BCUT2D eigenvalue weighted by Crippen LogP contribution is -2.38. The average Bonchev–Trinajstić information content (AvgIpc) is 3.41. The Morgan fingerprint density at radius 3 is 2.27 bits per heavy atom. The normalized spacial score (nSPS) is 11.4. The van der Waals surface area contributed by atoms with Crippen LogP contribution in [0, 0.1) is 0 Å². The van der Waals surface area contributed by atoms with Gasteiger partial charge in [-0.1, -0.05) is 24.3 Å². The Kier molecular flexibility index (Phi) is 10.5. The number of guanidine groups is 1. The van der Waals surface area contributed by atoms with Crippen LogP contribution in [0.25, 0.3) is 0 Å². The van der Waals surface area contributed by atoms with Crippen molar-refractivity contribution in [2.75, 3.05) is 20.1 Å². The van der Waals surface area contributed by atoms with Crippen LogP contribution in [0.3, 0.4) is 0 Å². The predicted octanol–water partition coefficient (Wildman–Crippen LogP) is 4.42. The molecule has 0 radical (unpaired) electrons. The number of benzene rings is 1. The number of aliphatic imine (C=N–C) groups is 1. The molecular weight excluding hydrogens is 491 g/mol. The zero-order valence-electron chi connectivity index (χ0n) is 17.6. The summed E-state index contributed by atoms with van der Waals surface area (Å²) in [6, 6.07) is 16.3. The lowest BCUT2D eigenvalue weighted by molar-refractivity contribution is 0.287. The molecule has 6 nitrogen and oxygen atoms in total. The van der Waals surface area contributed by atoms with E-state index in [2.05, 4.69) is 53.8 Å². The minimum Gasteiger partial charge on any atom is -0.469 e. The summed E-state index contributed by atoms with van der Waals surface area (Å²) in [4.78, 5) is 7.02. The van der Waals surface area contributed by atoms with Gasteiger partial charge in [0.05, 0.1) is 25.6 Å². The summed E-state index contributed by atoms with van der Waals surface area (Å²) in [7, 11) is 2.10. The fourth-order valence-electron chi connectivity index (χ4n) is 3.15. The van der Waals surface area contributed by atoms with Crippen molar-refractivity contribution in [3.63, 3.8) is 0 Å². The molecule has 0 bridgehead atoms. The molecule has 0 fully saturated rings. The van der Waals surface area contributed by atoms with E-state index in [-0.39, 0.29) is 24.0 Å². The molecular formula is C23H31IN4O2. The summed E-state index contributed by atoms with van der Waals surface area (Å²) in [5.74, 6) is 2.76. The standard InChI is InChI=1S/C23H30N4O2.HI/c1-3-24-23(25-13-12-21-10-6-14-28-21)26-16-19-8-4-5-9-20(19)17-27(2)18-22-11-7-15-29-22;/h4-11,14-15H,3,12-13,16-18H2,1-2H3,(H2,24,25,26);1H. The molecule has 162 valence electrons. The zero-order chi connectivity index (χ0) is 20.3. The van der Waals surface area contributed by atoms with Gasteiger partial charge in [-0.15, -0.1) is 24.0 Å². The topological polar surface area (TPSA) is 65.9 Å². The molecule has 2 heterocycles. The molecule has 0 aliphatic carbocycles. The summed E-state index contributed by atoms with van der Waals surface area (Å²) < 4.78 is 10.8. The Labute approximate surface area is 195 Å². The van der Waals surface area contributed by atoms with Gasteiger partial charge < -0.3 is 19.5 Å². The minimum absolute atomic E-state index is 0. The van der Waals surface area contributed by atoms with Gasteiger partial charge in [0.25, 0.3) is 0 Å². The quantitative estimate of drug-likeness (QED) is 0.235. The van der Waals surface area contributed by atoms with Crippen molar-refractivity contribution < 1.29 is 8.83 Å². The van der Waals surface area contributed by atoms with Crippen molar-refractivity contribution in [1.29, 1.82) is 0 Å². The predicted molar refractivity (Wildman–Crippen MR) is 131 cm³/mol. The third-order valence-corrected chi connectivity index (χ3v) is 4.56. The SMILES string of the molecule is CCNC(=NCc1ccccc1CN(C)Cc1ccco1)NCCc1ccco1.I. The van der Waals surface area contributed by atoms with E-state index in [0.717, 1.165) is 50.1 Å². The van der Waals surface area contributed by atoms with Gasteiger partial charge in [-0.05, 0) is 49.4 Å². The van der Waals surface area contributed by atoms with Crippen LogP contribution < -0.4 is 10.6 Å². The summed E-state index contributed by atoms with van der Waals surface area (Å²) in [5, 5.41) is 6.68. The Morgan fingerprint density at radius 2 is 1.60 bits per heavy atom. The van der Waals surface area contributed by atoms with Crippen LogP contribution in [-0.4, -0.2) is 31.0 Å². The molecule has 0 aliphatic rings. The number of nitrogens with zero attached hydrogens (tertiary/aromatic N) is 2. The minimum atomic E-state index is 0. The Morgan fingerprint density at radius 1 is 0.900 bits per heavy atom. The van der Waals surface area contributed by atoms with E-state index in [1.54, 1.807) is 12.5 Å². The van der Waals surface area contributed by atoms with Crippen molar-refractivity contribution in [2.24, 2.45) is 4.99 Å². The summed E-state index contributed by atoms with van der Waals surface area (Å²) in [5.41, 5.74) is 2.50. The van der Waals surface area contributed by atoms with Crippen molar-refractivity contribution in [1.82, 2.24) is 15.5 Å². The first kappa shape index (κ1) is 24.0. The van der Waals surface area contributed by atoms with Crippen LogP contribution >= 0.6 is 24.0 Å². The van der Waals surface area contributed by atoms with Crippen molar-refractivity contribution in [2.45, 2.75) is 33.0 Å². The molecule has 0 aliphatic heterocycles. The summed E-state index contributed by atoms with van der Waals surface area (Å²) >= 11 is 0. The smallest absolute Gasteiger partial charge is 0.191 e. The largest absolute Gasteiger partial charge is 0.469 e. The van der Waals surface area contributed by atoms with Gasteiger partial charge in [0.2, 0.25) is 0 Å². The van der Waals surface area contributed by atoms with Gasteiger partial charge in [0.1, 0.15) is 11.5 Å². The molecule has 7 heteroatoms. The van der Waals surface area contributed by atoms with Crippen LogP contribution in [0.15, 0.2) is 74.9 Å². The number of hydrogen-bond donors (Lipinski definition) is 2. The molecule has 0 unspecified atom stereocenters. The van der Waals surface area contributed by atoms with Crippen LogP contribution in [0.4, 0.5) is 0 Å². The number of furan rings is 2. The molecule has 3 aromatic rings. The highest BCUT2D eigenvalue weighted by Crippen LogP contribution is 2.14. The highest BCUT2D eigenvalue weighted by molar-refractivity contribution is 14.0. The van der Waals surface area contributed by atoms with E-state index in [1.165, 1.54) is 11.1 Å². The molecule has 0 saturated carbocycles. The molecule has 0 atom stereocenters. The van der Waals surface area contributed by atoms with E-state index >= 15 is 0 Å². The second-order valence-corrected chi connectivity index (χ2v) is 6.97. The molecule has 30 heavy (non-hydrogen) atoms. The fraction of sp³-hybridized carbons (Fsp3) is 0.348. The zero-order valence-corrected chi connectivity index (χ0v) is 20.0. The monoisotopic (exact) mass is 522 g/mol. The maximum Gasteiger partial charge on any atom is 0.191 e.